The van der Waals surface area contributed by atoms with Crippen molar-refractivity contribution in [2.24, 2.45) is 0 Å². The monoisotopic (exact) mass is 214 g/mol. The van der Waals surface area contributed by atoms with Crippen molar-refractivity contribution in [3.05, 3.63) is 47.5 Å². The highest BCUT2D eigenvalue weighted by molar-refractivity contribution is 5.58. The van der Waals surface area contributed by atoms with Crippen molar-refractivity contribution in [3.63, 3.8) is 0 Å². The van der Waals surface area contributed by atoms with Gasteiger partial charge in [0.2, 0.25) is 0 Å². The summed E-state index contributed by atoms with van der Waals surface area (Å²) in [4.78, 5) is 0. The molecule has 0 atom stereocenters. The lowest BCUT2D eigenvalue weighted by molar-refractivity contribution is 0.373. The van der Waals surface area contributed by atoms with Crippen LogP contribution in [-0.2, 0) is 6.42 Å². The number of para-hydroxylation sites is 2. The average Bonchev–Trinajstić information content (AvgIpc) is 2.28. The Morgan fingerprint density at radius 3 is 1.81 bits per heavy atom. The van der Waals surface area contributed by atoms with E-state index < -0.39 is 0 Å². The topological polar surface area (TPSA) is 49.7 Å². The molecular weight excluding hydrogens is 204 g/mol. The molecule has 1 aliphatic rings. The first-order valence-corrected chi connectivity index (χ1v) is 5.05. The summed E-state index contributed by atoms with van der Waals surface area (Å²) in [5, 5.41) is 19.3. The van der Waals surface area contributed by atoms with Gasteiger partial charge >= 0.3 is 0 Å². The second-order valence-electron chi connectivity index (χ2n) is 3.81. The quantitative estimate of drug-likeness (QED) is 0.605. The van der Waals surface area contributed by atoms with E-state index in [1.54, 1.807) is 24.3 Å². The van der Waals surface area contributed by atoms with E-state index in [2.05, 4.69) is 0 Å². The van der Waals surface area contributed by atoms with Crippen molar-refractivity contribution in [2.75, 3.05) is 0 Å². The van der Waals surface area contributed by atoms with Gasteiger partial charge in [-0.05, 0) is 12.1 Å². The van der Waals surface area contributed by atoms with Crippen LogP contribution in [0.25, 0.3) is 0 Å². The minimum Gasteiger partial charge on any atom is -0.504 e. The fourth-order valence-electron chi connectivity index (χ4n) is 1.96. The molecule has 0 spiro atoms. The Morgan fingerprint density at radius 2 is 1.31 bits per heavy atom. The van der Waals surface area contributed by atoms with Crippen LogP contribution in [0.15, 0.2) is 36.4 Å². The molecule has 0 amide bonds. The Kier molecular flexibility index (Phi) is 1.80. The molecule has 3 heteroatoms. The van der Waals surface area contributed by atoms with Crippen molar-refractivity contribution < 1.29 is 14.9 Å². The number of phenolic OH excluding ortho intramolecular Hbond substituents is 2. The van der Waals surface area contributed by atoms with Crippen molar-refractivity contribution in [2.45, 2.75) is 6.42 Å². The minimum atomic E-state index is 0.103. The number of fused-ring (bicyclic) bond motifs is 2. The van der Waals surface area contributed by atoms with E-state index in [1.807, 2.05) is 12.1 Å². The summed E-state index contributed by atoms with van der Waals surface area (Å²) in [6.07, 6.45) is 0.660. The molecule has 2 N–H and O–H groups in total. The Bertz CT molecular complexity index is 512. The van der Waals surface area contributed by atoms with E-state index in [1.165, 1.54) is 0 Å². The third-order valence-electron chi connectivity index (χ3n) is 2.74. The first-order chi connectivity index (χ1) is 7.75. The number of benzene rings is 2. The van der Waals surface area contributed by atoms with Crippen LogP contribution in [0.3, 0.4) is 0 Å². The molecule has 2 aromatic rings. The van der Waals surface area contributed by atoms with Crippen LogP contribution in [0.1, 0.15) is 11.1 Å². The van der Waals surface area contributed by atoms with Crippen molar-refractivity contribution in [3.8, 4) is 23.0 Å². The molecule has 2 aromatic carbocycles. The van der Waals surface area contributed by atoms with Gasteiger partial charge in [-0.3, -0.25) is 0 Å². The highest BCUT2D eigenvalue weighted by Gasteiger charge is 2.21. The van der Waals surface area contributed by atoms with Crippen LogP contribution >= 0.6 is 0 Å². The third-order valence-corrected chi connectivity index (χ3v) is 2.74. The number of phenols is 2. The summed E-state index contributed by atoms with van der Waals surface area (Å²) in [5.41, 5.74) is 1.86. The molecule has 0 bridgehead atoms. The molecule has 0 unspecified atom stereocenters. The van der Waals surface area contributed by atoms with E-state index in [0.29, 0.717) is 17.9 Å². The van der Waals surface area contributed by atoms with Crippen LogP contribution in [0.5, 0.6) is 23.0 Å². The van der Waals surface area contributed by atoms with Gasteiger partial charge in [-0.2, -0.15) is 0 Å². The number of ether oxygens (including phenoxy) is 1. The molecule has 0 fully saturated rings. The second-order valence-corrected chi connectivity index (χ2v) is 3.81. The number of hydrogen-bond donors (Lipinski definition) is 2. The van der Waals surface area contributed by atoms with E-state index in [4.69, 9.17) is 4.74 Å². The van der Waals surface area contributed by atoms with Crippen LogP contribution < -0.4 is 4.74 Å². The molecule has 80 valence electrons. The van der Waals surface area contributed by atoms with Crippen LogP contribution in [0.4, 0.5) is 0 Å². The fourth-order valence-corrected chi connectivity index (χ4v) is 1.96. The molecule has 0 saturated heterocycles. The number of rotatable bonds is 0. The molecule has 3 nitrogen and oxygen atoms in total. The molecule has 0 saturated carbocycles. The van der Waals surface area contributed by atoms with Gasteiger partial charge in [-0.1, -0.05) is 24.3 Å². The highest BCUT2D eigenvalue weighted by Crippen LogP contribution is 2.45. The molecule has 0 radical (unpaired) electrons. The van der Waals surface area contributed by atoms with Crippen LogP contribution in [0, 0.1) is 0 Å². The SMILES string of the molecule is Oc1cccc2c1Oc1c(O)cccc1C2. The van der Waals surface area contributed by atoms with Gasteiger partial charge in [0.05, 0.1) is 0 Å². The highest BCUT2D eigenvalue weighted by atomic mass is 16.5. The van der Waals surface area contributed by atoms with E-state index in [0.717, 1.165) is 11.1 Å². The Balaban J connectivity index is 2.17. The Hall–Kier alpha value is -2.16. The lowest BCUT2D eigenvalue weighted by Crippen LogP contribution is -2.02. The zero-order valence-corrected chi connectivity index (χ0v) is 8.47. The standard InChI is InChI=1S/C13H10O3/c14-10-5-1-3-8-7-9-4-2-6-11(15)13(9)16-12(8)10/h1-6,14-15H,7H2. The second kappa shape index (κ2) is 3.17. The first-order valence-electron chi connectivity index (χ1n) is 5.05. The molecule has 1 aliphatic heterocycles. The predicted octanol–water partition coefficient (Wildman–Crippen LogP) is 2.79. The van der Waals surface area contributed by atoms with Gasteiger partial charge in [-0.25, -0.2) is 0 Å². The summed E-state index contributed by atoms with van der Waals surface area (Å²) in [5.74, 6) is 1.09. The van der Waals surface area contributed by atoms with E-state index in [-0.39, 0.29) is 11.5 Å². The van der Waals surface area contributed by atoms with Crippen LogP contribution in [-0.4, -0.2) is 10.2 Å². The zero-order chi connectivity index (χ0) is 11.1. The molecule has 16 heavy (non-hydrogen) atoms. The largest absolute Gasteiger partial charge is 0.504 e. The van der Waals surface area contributed by atoms with Gasteiger partial charge in [0, 0.05) is 17.5 Å². The summed E-state index contributed by atoms with van der Waals surface area (Å²) in [6, 6.07) is 10.5. The maximum absolute atomic E-state index is 9.67. The lowest BCUT2D eigenvalue weighted by Gasteiger charge is -2.21. The van der Waals surface area contributed by atoms with Gasteiger partial charge < -0.3 is 14.9 Å². The van der Waals surface area contributed by atoms with E-state index >= 15 is 0 Å². The molecule has 0 aliphatic carbocycles. The van der Waals surface area contributed by atoms with Crippen LogP contribution in [0.2, 0.25) is 0 Å². The number of hydrogen-bond acceptors (Lipinski definition) is 3. The minimum absolute atomic E-state index is 0.103. The summed E-state index contributed by atoms with van der Waals surface area (Å²) >= 11 is 0. The van der Waals surface area contributed by atoms with Crippen molar-refractivity contribution in [1.29, 1.82) is 0 Å². The molecule has 3 rings (SSSR count). The molecule has 0 aromatic heterocycles. The lowest BCUT2D eigenvalue weighted by atomic mass is 10.00. The van der Waals surface area contributed by atoms with Gasteiger partial charge in [0.1, 0.15) is 0 Å². The smallest absolute Gasteiger partial charge is 0.172 e. The normalized spacial score (nSPS) is 12.5. The fraction of sp³-hybridized carbons (Fsp3) is 0.0769. The Labute approximate surface area is 92.5 Å². The maximum atomic E-state index is 9.67. The Morgan fingerprint density at radius 1 is 0.812 bits per heavy atom. The molecular formula is C13H10O3. The maximum Gasteiger partial charge on any atom is 0.172 e. The van der Waals surface area contributed by atoms with Crippen molar-refractivity contribution in [1.82, 2.24) is 0 Å². The summed E-state index contributed by atoms with van der Waals surface area (Å²) < 4.78 is 5.54. The van der Waals surface area contributed by atoms with Gasteiger partial charge in [0.25, 0.3) is 0 Å². The van der Waals surface area contributed by atoms with Crippen molar-refractivity contribution >= 4 is 0 Å². The molecule has 1 heterocycles. The van der Waals surface area contributed by atoms with E-state index in [9.17, 15) is 10.2 Å². The summed E-state index contributed by atoms with van der Waals surface area (Å²) in [6.45, 7) is 0. The predicted molar refractivity (Wildman–Crippen MR) is 59.1 cm³/mol. The third kappa shape index (κ3) is 1.21. The van der Waals surface area contributed by atoms with Gasteiger partial charge in [0.15, 0.2) is 23.0 Å². The first kappa shape index (κ1) is 9.09. The summed E-state index contributed by atoms with van der Waals surface area (Å²) in [7, 11) is 0. The zero-order valence-electron chi connectivity index (χ0n) is 8.47. The average molecular weight is 214 g/mol. The number of aromatic hydroxyl groups is 2. The van der Waals surface area contributed by atoms with Gasteiger partial charge in [-0.15, -0.1) is 0 Å².